The summed E-state index contributed by atoms with van der Waals surface area (Å²) < 4.78 is 11.7. The van der Waals surface area contributed by atoms with E-state index < -0.39 is 0 Å². The molecule has 1 atom stereocenters. The van der Waals surface area contributed by atoms with Crippen LogP contribution in [-0.2, 0) is 11.3 Å². The molecule has 2 aromatic carbocycles. The van der Waals surface area contributed by atoms with Gasteiger partial charge in [0, 0.05) is 38.3 Å². The van der Waals surface area contributed by atoms with E-state index in [0.29, 0.717) is 5.92 Å². The van der Waals surface area contributed by atoms with Crippen molar-refractivity contribution in [2.75, 3.05) is 33.4 Å². The predicted octanol–water partition coefficient (Wildman–Crippen LogP) is 4.19. The molecule has 2 aliphatic rings. The minimum Gasteiger partial charge on any atom is -0.496 e. The average Bonchev–Trinajstić information content (AvgIpc) is 2.80. The molecule has 1 unspecified atom stereocenters. The first-order valence-electron chi connectivity index (χ1n) is 11.4. The Labute approximate surface area is 185 Å². The standard InChI is InChI=1S/C26H34N2O3/c1-20-16-21(8-9-24(20)30-2)19-28-13-11-26(12-14-28)17-22(10-15-31-26)18-27-25(29)23-6-4-3-5-7-23/h3-9,16,22H,10-15,17-19H2,1-2H3,(H,27,29). The number of aryl methyl sites for hydroxylation is 1. The molecule has 4 rings (SSSR count). The summed E-state index contributed by atoms with van der Waals surface area (Å²) in [6.07, 6.45) is 4.18. The molecule has 166 valence electrons. The SMILES string of the molecule is COc1ccc(CN2CCC3(CC2)CC(CNC(=O)c2ccccc2)CCO3)cc1C. The summed E-state index contributed by atoms with van der Waals surface area (Å²) in [6.45, 7) is 6.69. The van der Waals surface area contributed by atoms with Crippen molar-refractivity contribution in [2.24, 2.45) is 5.92 Å². The summed E-state index contributed by atoms with van der Waals surface area (Å²) in [7, 11) is 1.72. The highest BCUT2D eigenvalue weighted by molar-refractivity contribution is 5.94. The number of hydrogen-bond donors (Lipinski definition) is 1. The van der Waals surface area contributed by atoms with Crippen molar-refractivity contribution in [1.29, 1.82) is 0 Å². The molecule has 2 aromatic rings. The van der Waals surface area contributed by atoms with E-state index in [4.69, 9.17) is 9.47 Å². The van der Waals surface area contributed by atoms with Crippen molar-refractivity contribution in [2.45, 2.75) is 44.8 Å². The van der Waals surface area contributed by atoms with Crippen LogP contribution in [0.15, 0.2) is 48.5 Å². The highest BCUT2D eigenvalue weighted by atomic mass is 16.5. The van der Waals surface area contributed by atoms with Gasteiger partial charge in [0.05, 0.1) is 12.7 Å². The van der Waals surface area contributed by atoms with E-state index in [1.807, 2.05) is 30.3 Å². The lowest BCUT2D eigenvalue weighted by molar-refractivity contribution is -0.127. The third-order valence-corrected chi connectivity index (χ3v) is 6.82. The molecule has 0 saturated carbocycles. The summed E-state index contributed by atoms with van der Waals surface area (Å²) in [5.74, 6) is 1.45. The molecule has 1 amide bonds. The minimum absolute atomic E-state index is 0.0192. The smallest absolute Gasteiger partial charge is 0.251 e. The molecule has 0 aliphatic carbocycles. The van der Waals surface area contributed by atoms with Crippen LogP contribution < -0.4 is 10.1 Å². The molecular weight excluding hydrogens is 388 g/mol. The zero-order valence-electron chi connectivity index (χ0n) is 18.7. The monoisotopic (exact) mass is 422 g/mol. The van der Waals surface area contributed by atoms with E-state index >= 15 is 0 Å². The fourth-order valence-corrected chi connectivity index (χ4v) is 5.00. The highest BCUT2D eigenvalue weighted by Crippen LogP contribution is 2.37. The number of ether oxygens (including phenoxy) is 2. The lowest BCUT2D eigenvalue weighted by Crippen LogP contribution is -2.50. The molecule has 31 heavy (non-hydrogen) atoms. The molecule has 0 bridgehead atoms. The van der Waals surface area contributed by atoms with Gasteiger partial charge in [-0.1, -0.05) is 30.3 Å². The van der Waals surface area contributed by atoms with Gasteiger partial charge in [-0.05, 0) is 67.9 Å². The summed E-state index contributed by atoms with van der Waals surface area (Å²) in [5, 5.41) is 3.13. The first-order chi connectivity index (χ1) is 15.1. The Morgan fingerprint density at radius 2 is 1.97 bits per heavy atom. The largest absolute Gasteiger partial charge is 0.496 e. The maximum atomic E-state index is 12.4. The first kappa shape index (κ1) is 21.8. The molecule has 2 saturated heterocycles. The van der Waals surface area contributed by atoms with Crippen LogP contribution in [0, 0.1) is 12.8 Å². The third-order valence-electron chi connectivity index (χ3n) is 6.82. The van der Waals surface area contributed by atoms with Crippen LogP contribution in [0.1, 0.15) is 47.2 Å². The number of piperidine rings is 1. The van der Waals surface area contributed by atoms with Gasteiger partial charge in [0.25, 0.3) is 5.91 Å². The predicted molar refractivity (Wildman–Crippen MR) is 122 cm³/mol. The number of rotatable bonds is 6. The molecule has 5 nitrogen and oxygen atoms in total. The Kier molecular flexibility index (Phi) is 6.93. The van der Waals surface area contributed by atoms with Crippen molar-refractivity contribution < 1.29 is 14.3 Å². The van der Waals surface area contributed by atoms with Gasteiger partial charge in [-0.15, -0.1) is 0 Å². The van der Waals surface area contributed by atoms with Crippen LogP contribution in [0.25, 0.3) is 0 Å². The van der Waals surface area contributed by atoms with Gasteiger partial charge < -0.3 is 14.8 Å². The quantitative estimate of drug-likeness (QED) is 0.758. The van der Waals surface area contributed by atoms with Crippen molar-refractivity contribution in [1.82, 2.24) is 10.2 Å². The first-order valence-corrected chi connectivity index (χ1v) is 11.4. The third kappa shape index (κ3) is 5.46. The van der Waals surface area contributed by atoms with E-state index in [2.05, 4.69) is 35.3 Å². The number of nitrogens with zero attached hydrogens (tertiary/aromatic N) is 1. The zero-order chi connectivity index (χ0) is 21.7. The Morgan fingerprint density at radius 3 is 2.68 bits per heavy atom. The van der Waals surface area contributed by atoms with Gasteiger partial charge in [0.2, 0.25) is 0 Å². The number of hydrogen-bond acceptors (Lipinski definition) is 4. The van der Waals surface area contributed by atoms with Gasteiger partial charge in [0.1, 0.15) is 5.75 Å². The second-order valence-corrected chi connectivity index (χ2v) is 9.05. The zero-order valence-corrected chi connectivity index (χ0v) is 18.7. The highest BCUT2D eigenvalue weighted by Gasteiger charge is 2.40. The van der Waals surface area contributed by atoms with Crippen molar-refractivity contribution in [3.63, 3.8) is 0 Å². The molecule has 0 radical (unpaired) electrons. The van der Waals surface area contributed by atoms with Gasteiger partial charge >= 0.3 is 0 Å². The van der Waals surface area contributed by atoms with Crippen molar-refractivity contribution in [3.8, 4) is 5.75 Å². The van der Waals surface area contributed by atoms with E-state index in [-0.39, 0.29) is 11.5 Å². The Hall–Kier alpha value is -2.37. The molecule has 1 N–H and O–H groups in total. The van der Waals surface area contributed by atoms with Crippen LogP contribution in [0.5, 0.6) is 5.75 Å². The molecule has 2 aliphatic heterocycles. The topological polar surface area (TPSA) is 50.8 Å². The van der Waals surface area contributed by atoms with E-state index in [9.17, 15) is 4.79 Å². The molecule has 2 heterocycles. The fourth-order valence-electron chi connectivity index (χ4n) is 5.00. The van der Waals surface area contributed by atoms with Gasteiger partial charge in [-0.3, -0.25) is 9.69 Å². The summed E-state index contributed by atoms with van der Waals surface area (Å²) >= 11 is 0. The number of nitrogens with one attached hydrogen (secondary N) is 1. The van der Waals surface area contributed by atoms with Crippen LogP contribution >= 0.6 is 0 Å². The molecule has 0 aromatic heterocycles. The summed E-state index contributed by atoms with van der Waals surface area (Å²) in [6, 6.07) is 15.9. The Morgan fingerprint density at radius 1 is 1.19 bits per heavy atom. The van der Waals surface area contributed by atoms with Gasteiger partial charge in [0.15, 0.2) is 0 Å². The molecule has 5 heteroatoms. The van der Waals surface area contributed by atoms with Crippen LogP contribution in [0.3, 0.4) is 0 Å². The Bertz CT molecular complexity index is 875. The van der Waals surface area contributed by atoms with Crippen LogP contribution in [0.4, 0.5) is 0 Å². The number of likely N-dealkylation sites (tertiary alicyclic amines) is 1. The average molecular weight is 423 g/mol. The second kappa shape index (κ2) is 9.84. The molecule has 2 fully saturated rings. The fraction of sp³-hybridized carbons (Fsp3) is 0.500. The Balaban J connectivity index is 1.27. The maximum Gasteiger partial charge on any atom is 0.251 e. The summed E-state index contributed by atoms with van der Waals surface area (Å²) in [4.78, 5) is 14.9. The van der Waals surface area contributed by atoms with Crippen molar-refractivity contribution >= 4 is 5.91 Å². The van der Waals surface area contributed by atoms with Crippen molar-refractivity contribution in [3.05, 3.63) is 65.2 Å². The number of carbonyl (C=O) groups excluding carboxylic acids is 1. The minimum atomic E-state index is -0.0211. The number of methoxy groups -OCH3 is 1. The van der Waals surface area contributed by atoms with E-state index in [0.717, 1.165) is 69.8 Å². The van der Waals surface area contributed by atoms with Crippen LogP contribution in [-0.4, -0.2) is 49.8 Å². The lowest BCUT2D eigenvalue weighted by Gasteiger charge is -2.46. The van der Waals surface area contributed by atoms with Crippen LogP contribution in [0.2, 0.25) is 0 Å². The molecule has 1 spiro atoms. The van der Waals surface area contributed by atoms with E-state index in [1.165, 1.54) is 11.1 Å². The lowest BCUT2D eigenvalue weighted by atomic mass is 9.79. The number of carbonyl (C=O) groups is 1. The summed E-state index contributed by atoms with van der Waals surface area (Å²) in [5.41, 5.74) is 3.23. The number of amides is 1. The molecular formula is C26H34N2O3. The maximum absolute atomic E-state index is 12.4. The van der Waals surface area contributed by atoms with Gasteiger partial charge in [-0.25, -0.2) is 0 Å². The van der Waals surface area contributed by atoms with E-state index in [1.54, 1.807) is 7.11 Å². The van der Waals surface area contributed by atoms with Gasteiger partial charge in [-0.2, -0.15) is 0 Å². The second-order valence-electron chi connectivity index (χ2n) is 9.05. The number of benzene rings is 2. The normalized spacial score (nSPS) is 21.0.